The lowest BCUT2D eigenvalue weighted by atomic mass is 10.1. The van der Waals surface area contributed by atoms with Gasteiger partial charge in [-0.05, 0) is 37.1 Å². The molecule has 0 aliphatic heterocycles. The van der Waals surface area contributed by atoms with Gasteiger partial charge in [0.15, 0.2) is 0 Å². The van der Waals surface area contributed by atoms with Gasteiger partial charge >= 0.3 is 0 Å². The van der Waals surface area contributed by atoms with Crippen molar-refractivity contribution >= 4 is 23.3 Å². The molecule has 0 spiro atoms. The number of pyridine rings is 3. The Bertz CT molecular complexity index is 986. The number of carbonyl (C=O) groups is 2. The van der Waals surface area contributed by atoms with Crippen LogP contribution in [0.15, 0.2) is 61.3 Å². The maximum absolute atomic E-state index is 12.7. The van der Waals surface area contributed by atoms with Crippen molar-refractivity contribution in [2.24, 2.45) is 5.92 Å². The summed E-state index contributed by atoms with van der Waals surface area (Å²) in [5, 5.41) is 5.62. The lowest BCUT2D eigenvalue weighted by molar-refractivity contribution is -0.117. The molecular formula is C20H17N5O2. The maximum atomic E-state index is 12.7. The monoisotopic (exact) mass is 359 g/mol. The molecule has 0 radical (unpaired) electrons. The van der Waals surface area contributed by atoms with Gasteiger partial charge in [0.2, 0.25) is 5.91 Å². The number of nitrogens with one attached hydrogen (secondary N) is 2. The Hall–Kier alpha value is -3.61. The normalized spacial score (nSPS) is 13.0. The second kappa shape index (κ2) is 7.33. The van der Waals surface area contributed by atoms with E-state index in [2.05, 4.69) is 25.6 Å². The lowest BCUT2D eigenvalue weighted by Crippen LogP contribution is -2.16. The van der Waals surface area contributed by atoms with Gasteiger partial charge in [0.05, 0.1) is 11.9 Å². The number of hydrogen-bond donors (Lipinski definition) is 2. The van der Waals surface area contributed by atoms with Crippen LogP contribution in [0.4, 0.5) is 11.5 Å². The molecule has 1 saturated carbocycles. The number of nitrogens with zero attached hydrogens (tertiary/aromatic N) is 3. The average Bonchev–Trinajstić information content (AvgIpc) is 3.55. The summed E-state index contributed by atoms with van der Waals surface area (Å²) in [4.78, 5) is 36.9. The first-order valence-corrected chi connectivity index (χ1v) is 8.63. The molecule has 1 aliphatic rings. The van der Waals surface area contributed by atoms with Crippen LogP contribution in [0.1, 0.15) is 23.2 Å². The molecule has 0 unspecified atom stereocenters. The van der Waals surface area contributed by atoms with Gasteiger partial charge in [-0.15, -0.1) is 0 Å². The molecule has 4 rings (SSSR count). The Morgan fingerprint density at radius 2 is 1.81 bits per heavy atom. The molecule has 3 aromatic rings. The number of carbonyl (C=O) groups excluding carboxylic acids is 2. The van der Waals surface area contributed by atoms with Crippen molar-refractivity contribution in [2.75, 3.05) is 10.6 Å². The third-order valence-electron chi connectivity index (χ3n) is 4.26. The summed E-state index contributed by atoms with van der Waals surface area (Å²) < 4.78 is 0. The highest BCUT2D eigenvalue weighted by Gasteiger charge is 2.29. The predicted octanol–water partition coefficient (Wildman–Crippen LogP) is 3.14. The summed E-state index contributed by atoms with van der Waals surface area (Å²) in [6, 6.07) is 8.73. The molecule has 27 heavy (non-hydrogen) atoms. The second-order valence-corrected chi connectivity index (χ2v) is 6.31. The van der Waals surface area contributed by atoms with Gasteiger partial charge in [0.25, 0.3) is 5.91 Å². The fourth-order valence-corrected chi connectivity index (χ4v) is 2.68. The molecule has 0 bridgehead atoms. The van der Waals surface area contributed by atoms with Crippen molar-refractivity contribution in [1.29, 1.82) is 0 Å². The third kappa shape index (κ3) is 3.98. The number of amides is 2. The fraction of sp³-hybridized carbons (Fsp3) is 0.150. The van der Waals surface area contributed by atoms with Crippen LogP contribution in [0.3, 0.4) is 0 Å². The van der Waals surface area contributed by atoms with Crippen molar-refractivity contribution in [1.82, 2.24) is 15.0 Å². The molecule has 0 aromatic carbocycles. The fourth-order valence-electron chi connectivity index (χ4n) is 2.68. The summed E-state index contributed by atoms with van der Waals surface area (Å²) in [6.07, 6.45) is 9.99. The minimum atomic E-state index is -0.308. The van der Waals surface area contributed by atoms with Gasteiger partial charge in [0.1, 0.15) is 5.82 Å². The van der Waals surface area contributed by atoms with E-state index in [4.69, 9.17) is 0 Å². The van der Waals surface area contributed by atoms with Crippen LogP contribution in [0.25, 0.3) is 11.1 Å². The molecule has 3 aromatic heterocycles. The number of anilines is 2. The smallest absolute Gasteiger partial charge is 0.255 e. The van der Waals surface area contributed by atoms with E-state index < -0.39 is 0 Å². The summed E-state index contributed by atoms with van der Waals surface area (Å²) in [7, 11) is 0. The van der Waals surface area contributed by atoms with Gasteiger partial charge in [-0.2, -0.15) is 0 Å². The van der Waals surface area contributed by atoms with E-state index in [9.17, 15) is 9.59 Å². The highest BCUT2D eigenvalue weighted by Crippen LogP contribution is 2.30. The van der Waals surface area contributed by atoms with Gasteiger partial charge in [-0.25, -0.2) is 4.98 Å². The van der Waals surface area contributed by atoms with E-state index in [1.165, 1.54) is 6.20 Å². The number of hydrogen-bond acceptors (Lipinski definition) is 5. The van der Waals surface area contributed by atoms with E-state index in [1.807, 2.05) is 18.2 Å². The zero-order valence-electron chi connectivity index (χ0n) is 14.4. The van der Waals surface area contributed by atoms with Crippen LogP contribution < -0.4 is 10.6 Å². The minimum absolute atomic E-state index is 0.0498. The molecule has 7 heteroatoms. The van der Waals surface area contributed by atoms with Gasteiger partial charge in [-0.3, -0.25) is 19.6 Å². The lowest BCUT2D eigenvalue weighted by Gasteiger charge is -2.11. The summed E-state index contributed by atoms with van der Waals surface area (Å²) in [6.45, 7) is 0. The first kappa shape index (κ1) is 16.8. The second-order valence-electron chi connectivity index (χ2n) is 6.31. The van der Waals surface area contributed by atoms with Crippen LogP contribution in [-0.4, -0.2) is 26.8 Å². The van der Waals surface area contributed by atoms with Crippen LogP contribution in [-0.2, 0) is 4.79 Å². The Morgan fingerprint density at radius 1 is 0.963 bits per heavy atom. The van der Waals surface area contributed by atoms with Gasteiger partial charge in [0, 0.05) is 47.4 Å². The van der Waals surface area contributed by atoms with Crippen LogP contribution in [0, 0.1) is 5.92 Å². The topological polar surface area (TPSA) is 96.9 Å². The molecule has 2 N–H and O–H groups in total. The number of aromatic nitrogens is 3. The highest BCUT2D eigenvalue weighted by molar-refractivity contribution is 6.06. The van der Waals surface area contributed by atoms with Crippen molar-refractivity contribution in [2.45, 2.75) is 12.8 Å². The van der Waals surface area contributed by atoms with E-state index in [-0.39, 0.29) is 17.7 Å². The summed E-state index contributed by atoms with van der Waals surface area (Å²) in [5.41, 5.74) is 2.68. The molecule has 0 atom stereocenters. The Morgan fingerprint density at radius 3 is 2.59 bits per heavy atom. The van der Waals surface area contributed by atoms with E-state index >= 15 is 0 Å². The Labute approximate surface area is 155 Å². The van der Waals surface area contributed by atoms with Crippen LogP contribution in [0.2, 0.25) is 0 Å². The van der Waals surface area contributed by atoms with E-state index in [0.717, 1.165) is 24.0 Å². The molecule has 2 amide bonds. The first-order chi connectivity index (χ1) is 13.2. The van der Waals surface area contributed by atoms with Crippen molar-refractivity contribution in [3.63, 3.8) is 0 Å². The molecule has 0 saturated heterocycles. The first-order valence-electron chi connectivity index (χ1n) is 8.63. The largest absolute Gasteiger partial charge is 0.320 e. The quantitative estimate of drug-likeness (QED) is 0.729. The predicted molar refractivity (Wildman–Crippen MR) is 101 cm³/mol. The summed E-state index contributed by atoms with van der Waals surface area (Å²) >= 11 is 0. The highest BCUT2D eigenvalue weighted by atomic mass is 16.2. The van der Waals surface area contributed by atoms with Gasteiger partial charge < -0.3 is 10.6 Å². The maximum Gasteiger partial charge on any atom is 0.255 e. The molecule has 134 valence electrons. The molecule has 1 fully saturated rings. The van der Waals surface area contributed by atoms with Crippen molar-refractivity contribution < 1.29 is 9.59 Å². The minimum Gasteiger partial charge on any atom is -0.320 e. The Kier molecular flexibility index (Phi) is 4.57. The van der Waals surface area contributed by atoms with Crippen molar-refractivity contribution in [3.05, 3.63) is 66.9 Å². The zero-order chi connectivity index (χ0) is 18.6. The summed E-state index contributed by atoms with van der Waals surface area (Å²) in [5.74, 6) is 0.0866. The molecular weight excluding hydrogens is 342 g/mol. The standard InChI is InChI=1S/C20H17N5O2/c26-19(13-3-4-13)25-18-10-14(5-9-23-18)20(27)24-17-12-22-8-6-16(17)15-2-1-7-21-11-15/h1-2,5-13H,3-4H2,(H,24,27)(H,23,25,26). The molecule has 3 heterocycles. The van der Waals surface area contributed by atoms with Crippen LogP contribution >= 0.6 is 0 Å². The van der Waals surface area contributed by atoms with Crippen LogP contribution in [0.5, 0.6) is 0 Å². The average molecular weight is 359 g/mol. The zero-order valence-corrected chi connectivity index (χ0v) is 14.4. The van der Waals surface area contributed by atoms with E-state index in [1.54, 1.807) is 36.9 Å². The van der Waals surface area contributed by atoms with E-state index in [0.29, 0.717) is 17.1 Å². The molecule has 1 aliphatic carbocycles. The molecule has 7 nitrogen and oxygen atoms in total. The third-order valence-corrected chi connectivity index (χ3v) is 4.26. The number of rotatable bonds is 5. The SMILES string of the molecule is O=C(Nc1cnccc1-c1cccnc1)c1ccnc(NC(=O)C2CC2)c1. The van der Waals surface area contributed by atoms with Crippen molar-refractivity contribution in [3.8, 4) is 11.1 Å². The Balaban J connectivity index is 1.54. The van der Waals surface area contributed by atoms with Gasteiger partial charge in [-0.1, -0.05) is 6.07 Å².